The van der Waals surface area contributed by atoms with Crippen LogP contribution in [0, 0.1) is 5.92 Å². The first-order valence-electron chi connectivity index (χ1n) is 9.96. The lowest BCUT2D eigenvalue weighted by atomic mass is 9.85. The van der Waals surface area contributed by atoms with E-state index in [4.69, 9.17) is 4.74 Å². The van der Waals surface area contributed by atoms with Crippen molar-refractivity contribution in [1.29, 1.82) is 0 Å². The molecule has 0 bridgehead atoms. The fourth-order valence-electron chi connectivity index (χ4n) is 3.59. The molecule has 2 atom stereocenters. The van der Waals surface area contributed by atoms with Gasteiger partial charge in [-0.25, -0.2) is 4.98 Å². The normalized spacial score (nSPS) is 17.0. The van der Waals surface area contributed by atoms with E-state index in [0.717, 1.165) is 49.6 Å². The van der Waals surface area contributed by atoms with Gasteiger partial charge in [0.25, 0.3) is 0 Å². The first kappa shape index (κ1) is 19.6. The Morgan fingerprint density at radius 2 is 1.81 bits per heavy atom. The van der Waals surface area contributed by atoms with E-state index in [1.807, 2.05) is 36.5 Å². The maximum absolute atomic E-state index is 10.4. The van der Waals surface area contributed by atoms with Crippen LogP contribution in [0.3, 0.4) is 0 Å². The molecule has 3 rings (SSSR count). The van der Waals surface area contributed by atoms with Crippen molar-refractivity contribution in [3.05, 3.63) is 48.2 Å². The number of piperazine rings is 1. The summed E-state index contributed by atoms with van der Waals surface area (Å²) >= 11 is 0. The molecule has 0 radical (unpaired) electrons. The molecule has 5 nitrogen and oxygen atoms in total. The largest absolute Gasteiger partial charge is 0.439 e. The number of pyridine rings is 1. The van der Waals surface area contributed by atoms with Crippen molar-refractivity contribution in [2.24, 2.45) is 5.92 Å². The van der Waals surface area contributed by atoms with Crippen LogP contribution in [0.2, 0.25) is 0 Å². The lowest BCUT2D eigenvalue weighted by molar-refractivity contribution is 0.0943. The highest BCUT2D eigenvalue weighted by molar-refractivity contribution is 5.46. The van der Waals surface area contributed by atoms with Crippen molar-refractivity contribution < 1.29 is 9.84 Å². The highest BCUT2D eigenvalue weighted by Crippen LogP contribution is 2.30. The number of benzene rings is 1. The summed E-state index contributed by atoms with van der Waals surface area (Å²) in [5.41, 5.74) is 2.28. The zero-order chi connectivity index (χ0) is 19.2. The van der Waals surface area contributed by atoms with Crippen molar-refractivity contribution in [3.63, 3.8) is 0 Å². The molecule has 5 heteroatoms. The van der Waals surface area contributed by atoms with Crippen molar-refractivity contribution in [3.8, 4) is 11.6 Å². The van der Waals surface area contributed by atoms with Crippen molar-refractivity contribution in [2.75, 3.05) is 31.1 Å². The van der Waals surface area contributed by atoms with E-state index in [-0.39, 0.29) is 17.9 Å². The number of hydrogen-bond donors (Lipinski definition) is 2. The summed E-state index contributed by atoms with van der Waals surface area (Å²) in [5.74, 6) is 1.74. The molecule has 1 aliphatic heterocycles. The molecule has 1 aromatic heterocycles. The summed E-state index contributed by atoms with van der Waals surface area (Å²) in [4.78, 5) is 6.78. The number of aliphatic hydroxyl groups excluding tert-OH is 1. The molecule has 146 valence electrons. The molecule has 1 saturated heterocycles. The monoisotopic (exact) mass is 369 g/mol. The number of nitrogens with one attached hydrogen (secondary N) is 1. The molecule has 1 aromatic carbocycles. The number of hydrogen-bond acceptors (Lipinski definition) is 5. The number of nitrogens with zero attached hydrogens (tertiary/aromatic N) is 2. The third kappa shape index (κ3) is 4.99. The maximum atomic E-state index is 10.4. The first-order valence-corrected chi connectivity index (χ1v) is 9.96. The van der Waals surface area contributed by atoms with Gasteiger partial charge in [0.15, 0.2) is 0 Å². The molecule has 1 aliphatic rings. The molecule has 1 fully saturated rings. The Morgan fingerprint density at radius 3 is 2.37 bits per heavy atom. The molecule has 27 heavy (non-hydrogen) atoms. The fourth-order valence-corrected chi connectivity index (χ4v) is 3.59. The fraction of sp³-hybridized carbons (Fsp3) is 0.500. The number of aromatic nitrogens is 1. The standard InChI is InChI=1S/C22H31N3O2/c1-4-20(22(26)16(2)3)17-5-8-19(9-6-17)27-21-10-7-18(15-24-21)25-13-11-23-12-14-25/h5-10,15-16,20,22-23,26H,4,11-14H2,1-3H3. The minimum atomic E-state index is -0.332. The quantitative estimate of drug-likeness (QED) is 0.778. The minimum Gasteiger partial charge on any atom is -0.439 e. The van der Waals surface area contributed by atoms with Crippen LogP contribution < -0.4 is 15.0 Å². The summed E-state index contributed by atoms with van der Waals surface area (Å²) in [7, 11) is 0. The van der Waals surface area contributed by atoms with Crippen LogP contribution in [0.4, 0.5) is 5.69 Å². The van der Waals surface area contributed by atoms with Gasteiger partial charge in [0.1, 0.15) is 5.75 Å². The Morgan fingerprint density at radius 1 is 1.11 bits per heavy atom. The molecular formula is C22H31N3O2. The molecule has 2 N–H and O–H groups in total. The molecule has 0 spiro atoms. The lowest BCUT2D eigenvalue weighted by Gasteiger charge is -2.29. The van der Waals surface area contributed by atoms with Gasteiger partial charge in [-0.1, -0.05) is 32.9 Å². The highest BCUT2D eigenvalue weighted by Gasteiger charge is 2.22. The van der Waals surface area contributed by atoms with Crippen LogP contribution in [-0.4, -0.2) is 42.4 Å². The average Bonchev–Trinajstić information content (AvgIpc) is 2.71. The van der Waals surface area contributed by atoms with E-state index in [1.165, 1.54) is 0 Å². The van der Waals surface area contributed by atoms with Crippen LogP contribution >= 0.6 is 0 Å². The molecule has 0 aliphatic carbocycles. The van der Waals surface area contributed by atoms with Crippen LogP contribution in [-0.2, 0) is 0 Å². The second-order valence-corrected chi connectivity index (χ2v) is 7.51. The SMILES string of the molecule is CCC(c1ccc(Oc2ccc(N3CCNCC3)cn2)cc1)C(O)C(C)C. The second-order valence-electron chi connectivity index (χ2n) is 7.51. The second kappa shape index (κ2) is 9.20. The average molecular weight is 370 g/mol. The van der Waals surface area contributed by atoms with Gasteiger partial charge < -0.3 is 20.1 Å². The Balaban J connectivity index is 1.64. The number of ether oxygens (including phenoxy) is 1. The third-order valence-electron chi connectivity index (χ3n) is 5.27. The first-order chi connectivity index (χ1) is 13.1. The summed E-state index contributed by atoms with van der Waals surface area (Å²) in [6, 6.07) is 12.0. The van der Waals surface area contributed by atoms with Gasteiger partial charge >= 0.3 is 0 Å². The van der Waals surface area contributed by atoms with Gasteiger partial charge in [-0.3, -0.25) is 0 Å². The van der Waals surface area contributed by atoms with Gasteiger partial charge in [0.05, 0.1) is 18.0 Å². The van der Waals surface area contributed by atoms with Crippen LogP contribution in [0.15, 0.2) is 42.6 Å². The summed E-state index contributed by atoms with van der Waals surface area (Å²) in [6.07, 6.45) is 2.45. The van der Waals surface area contributed by atoms with E-state index < -0.39 is 0 Å². The van der Waals surface area contributed by atoms with E-state index in [2.05, 4.69) is 42.0 Å². The van der Waals surface area contributed by atoms with Crippen LogP contribution in [0.25, 0.3) is 0 Å². The summed E-state index contributed by atoms with van der Waals surface area (Å²) in [5, 5.41) is 13.8. The topological polar surface area (TPSA) is 57.6 Å². The molecule has 0 amide bonds. The van der Waals surface area contributed by atoms with Crippen molar-refractivity contribution in [2.45, 2.75) is 39.2 Å². The maximum Gasteiger partial charge on any atom is 0.219 e. The van der Waals surface area contributed by atoms with Gasteiger partial charge in [0, 0.05) is 38.2 Å². The molecule has 2 heterocycles. The van der Waals surface area contributed by atoms with Crippen LogP contribution in [0.1, 0.15) is 38.7 Å². The van der Waals surface area contributed by atoms with E-state index in [9.17, 15) is 5.11 Å². The van der Waals surface area contributed by atoms with Gasteiger partial charge in [-0.15, -0.1) is 0 Å². The Hall–Kier alpha value is -2.11. The molecule has 0 saturated carbocycles. The predicted octanol–water partition coefficient (Wildman–Crippen LogP) is 3.79. The van der Waals surface area contributed by atoms with Gasteiger partial charge in [-0.05, 0) is 36.1 Å². The van der Waals surface area contributed by atoms with E-state index in [0.29, 0.717) is 5.88 Å². The van der Waals surface area contributed by atoms with E-state index in [1.54, 1.807) is 0 Å². The van der Waals surface area contributed by atoms with Crippen molar-refractivity contribution in [1.82, 2.24) is 10.3 Å². The zero-order valence-electron chi connectivity index (χ0n) is 16.6. The molecular weight excluding hydrogens is 338 g/mol. The number of aliphatic hydroxyl groups is 1. The van der Waals surface area contributed by atoms with Gasteiger partial charge in [-0.2, -0.15) is 0 Å². The smallest absolute Gasteiger partial charge is 0.219 e. The number of anilines is 1. The minimum absolute atomic E-state index is 0.149. The van der Waals surface area contributed by atoms with Crippen molar-refractivity contribution >= 4 is 5.69 Å². The van der Waals surface area contributed by atoms with Crippen LogP contribution in [0.5, 0.6) is 11.6 Å². The molecule has 2 unspecified atom stereocenters. The molecule has 2 aromatic rings. The van der Waals surface area contributed by atoms with E-state index >= 15 is 0 Å². The highest BCUT2D eigenvalue weighted by atomic mass is 16.5. The summed E-state index contributed by atoms with van der Waals surface area (Å²) in [6.45, 7) is 10.3. The summed E-state index contributed by atoms with van der Waals surface area (Å²) < 4.78 is 5.89. The Kier molecular flexibility index (Phi) is 6.69. The Labute approximate surface area is 162 Å². The predicted molar refractivity (Wildman–Crippen MR) is 110 cm³/mol. The zero-order valence-corrected chi connectivity index (χ0v) is 16.6. The van der Waals surface area contributed by atoms with Gasteiger partial charge in [0.2, 0.25) is 5.88 Å². The lowest BCUT2D eigenvalue weighted by Crippen LogP contribution is -2.43. The number of rotatable bonds is 7. The third-order valence-corrected chi connectivity index (χ3v) is 5.27. The Bertz CT molecular complexity index is 695.